The standard InChI is InChI=1S/C15H18N6O4/c1-20-12(22)5-4-11(19-20)21-6-2-3-9(8-21)13(23)17-10-7-16-15(25)18-14(10)24/h4-5,7,9H,2-3,6,8H2,1H3,(H,17,23)(H2,16,18,24,25)/t9-/m0/s1. The summed E-state index contributed by atoms with van der Waals surface area (Å²) in [4.78, 5) is 52.9. The van der Waals surface area contributed by atoms with E-state index in [0.29, 0.717) is 18.8 Å². The number of aryl methyl sites for hydroxylation is 1. The number of carbonyl (C=O) groups is 1. The maximum Gasteiger partial charge on any atom is 0.325 e. The number of aromatic nitrogens is 4. The van der Waals surface area contributed by atoms with E-state index in [9.17, 15) is 19.2 Å². The number of H-pyrrole nitrogens is 2. The SMILES string of the molecule is Cn1nc(N2CCC[C@H](C(=O)Nc3c[nH]c(=O)[nH]c3=O)C2)ccc1=O. The highest BCUT2D eigenvalue weighted by Crippen LogP contribution is 2.21. The van der Waals surface area contributed by atoms with Crippen LogP contribution in [-0.4, -0.2) is 38.7 Å². The molecule has 10 heteroatoms. The number of anilines is 2. The Kier molecular flexibility index (Phi) is 4.50. The average Bonchev–Trinajstić information content (AvgIpc) is 2.60. The summed E-state index contributed by atoms with van der Waals surface area (Å²) in [6.07, 6.45) is 2.63. The van der Waals surface area contributed by atoms with Gasteiger partial charge >= 0.3 is 5.69 Å². The van der Waals surface area contributed by atoms with Crippen LogP contribution in [-0.2, 0) is 11.8 Å². The van der Waals surface area contributed by atoms with Gasteiger partial charge in [-0.05, 0) is 18.9 Å². The van der Waals surface area contributed by atoms with Gasteiger partial charge in [-0.2, -0.15) is 5.10 Å². The summed E-state index contributed by atoms with van der Waals surface area (Å²) in [5, 5.41) is 6.75. The molecule has 3 heterocycles. The van der Waals surface area contributed by atoms with Gasteiger partial charge < -0.3 is 15.2 Å². The lowest BCUT2D eigenvalue weighted by atomic mass is 9.97. The van der Waals surface area contributed by atoms with Crippen molar-refractivity contribution in [2.45, 2.75) is 12.8 Å². The van der Waals surface area contributed by atoms with Gasteiger partial charge in [-0.1, -0.05) is 0 Å². The lowest BCUT2D eigenvalue weighted by Crippen LogP contribution is -2.42. The normalized spacial score (nSPS) is 17.3. The third kappa shape index (κ3) is 3.67. The molecule has 1 atom stereocenters. The van der Waals surface area contributed by atoms with Crippen molar-refractivity contribution in [3.05, 3.63) is 49.5 Å². The van der Waals surface area contributed by atoms with E-state index in [4.69, 9.17) is 0 Å². The minimum absolute atomic E-state index is 0.00181. The molecule has 2 aromatic rings. The fourth-order valence-corrected chi connectivity index (χ4v) is 2.80. The van der Waals surface area contributed by atoms with Gasteiger partial charge in [-0.25, -0.2) is 9.48 Å². The second-order valence-electron chi connectivity index (χ2n) is 5.91. The van der Waals surface area contributed by atoms with Crippen LogP contribution in [0.5, 0.6) is 0 Å². The number of amides is 1. The molecule has 0 aromatic carbocycles. The zero-order valence-electron chi connectivity index (χ0n) is 13.6. The van der Waals surface area contributed by atoms with Crippen molar-refractivity contribution >= 4 is 17.4 Å². The van der Waals surface area contributed by atoms with E-state index >= 15 is 0 Å². The Morgan fingerprint density at radius 3 is 2.84 bits per heavy atom. The van der Waals surface area contributed by atoms with Crippen molar-refractivity contribution in [2.75, 3.05) is 23.3 Å². The molecule has 1 fully saturated rings. The molecule has 132 valence electrons. The smallest absolute Gasteiger partial charge is 0.325 e. The van der Waals surface area contributed by atoms with Gasteiger partial charge in [0.2, 0.25) is 5.91 Å². The second kappa shape index (κ2) is 6.75. The van der Waals surface area contributed by atoms with Crippen molar-refractivity contribution in [2.24, 2.45) is 13.0 Å². The van der Waals surface area contributed by atoms with Crippen LogP contribution in [0.2, 0.25) is 0 Å². The van der Waals surface area contributed by atoms with Gasteiger partial charge in [0.05, 0.1) is 5.92 Å². The molecule has 0 unspecified atom stereocenters. The van der Waals surface area contributed by atoms with Crippen LogP contribution in [0.15, 0.2) is 32.7 Å². The van der Waals surface area contributed by atoms with Crippen LogP contribution in [0.3, 0.4) is 0 Å². The molecule has 0 aliphatic carbocycles. The molecule has 0 bridgehead atoms. The molecule has 0 radical (unpaired) electrons. The maximum atomic E-state index is 12.4. The largest absolute Gasteiger partial charge is 0.354 e. The Morgan fingerprint density at radius 2 is 2.12 bits per heavy atom. The van der Waals surface area contributed by atoms with Crippen molar-refractivity contribution < 1.29 is 4.79 Å². The molecule has 3 rings (SSSR count). The molecule has 2 aromatic heterocycles. The molecular weight excluding hydrogens is 328 g/mol. The molecule has 1 saturated heterocycles. The summed E-state index contributed by atoms with van der Waals surface area (Å²) >= 11 is 0. The molecule has 1 amide bonds. The van der Waals surface area contributed by atoms with E-state index < -0.39 is 11.2 Å². The highest BCUT2D eigenvalue weighted by molar-refractivity contribution is 5.92. The van der Waals surface area contributed by atoms with Gasteiger partial charge in [0.1, 0.15) is 11.5 Å². The minimum Gasteiger partial charge on any atom is -0.354 e. The summed E-state index contributed by atoms with van der Waals surface area (Å²) in [5.41, 5.74) is -1.48. The number of rotatable bonds is 3. The Bertz CT molecular complexity index is 959. The fourth-order valence-electron chi connectivity index (χ4n) is 2.80. The first-order chi connectivity index (χ1) is 11.9. The van der Waals surface area contributed by atoms with Crippen LogP contribution >= 0.6 is 0 Å². The maximum absolute atomic E-state index is 12.4. The molecule has 1 aliphatic rings. The average molecular weight is 346 g/mol. The number of aromatic amines is 2. The lowest BCUT2D eigenvalue weighted by Gasteiger charge is -2.32. The Balaban J connectivity index is 1.73. The number of nitrogens with one attached hydrogen (secondary N) is 3. The first kappa shape index (κ1) is 16.7. The zero-order chi connectivity index (χ0) is 18.0. The summed E-state index contributed by atoms with van der Waals surface area (Å²) < 4.78 is 1.25. The Morgan fingerprint density at radius 1 is 1.32 bits per heavy atom. The highest BCUT2D eigenvalue weighted by Gasteiger charge is 2.27. The first-order valence-electron chi connectivity index (χ1n) is 7.86. The Hall–Kier alpha value is -3.17. The monoisotopic (exact) mass is 346 g/mol. The van der Waals surface area contributed by atoms with Gasteiger partial charge in [0.25, 0.3) is 11.1 Å². The molecule has 0 saturated carbocycles. The molecule has 10 nitrogen and oxygen atoms in total. The third-order valence-electron chi connectivity index (χ3n) is 4.14. The fraction of sp³-hybridized carbons (Fsp3) is 0.400. The van der Waals surface area contributed by atoms with Crippen LogP contribution in [0.4, 0.5) is 11.5 Å². The van der Waals surface area contributed by atoms with Gasteiger partial charge in [-0.15, -0.1) is 0 Å². The van der Waals surface area contributed by atoms with E-state index in [1.165, 1.54) is 16.9 Å². The molecule has 0 spiro atoms. The molecule has 25 heavy (non-hydrogen) atoms. The van der Waals surface area contributed by atoms with E-state index in [1.807, 2.05) is 4.90 Å². The van der Waals surface area contributed by atoms with Crippen LogP contribution in [0, 0.1) is 5.92 Å². The molecule has 3 N–H and O–H groups in total. The third-order valence-corrected chi connectivity index (χ3v) is 4.14. The summed E-state index contributed by atoms with van der Waals surface area (Å²) in [6, 6.07) is 3.07. The van der Waals surface area contributed by atoms with Crippen LogP contribution in [0.1, 0.15) is 12.8 Å². The topological polar surface area (TPSA) is 133 Å². The number of nitrogens with zero attached hydrogens (tertiary/aromatic N) is 3. The zero-order valence-corrected chi connectivity index (χ0v) is 13.6. The van der Waals surface area contributed by atoms with Gasteiger partial charge in [-0.3, -0.25) is 19.4 Å². The first-order valence-corrected chi connectivity index (χ1v) is 7.86. The van der Waals surface area contributed by atoms with E-state index in [1.54, 1.807) is 13.1 Å². The van der Waals surface area contributed by atoms with Crippen LogP contribution < -0.4 is 27.0 Å². The van der Waals surface area contributed by atoms with Crippen molar-refractivity contribution in [1.29, 1.82) is 0 Å². The van der Waals surface area contributed by atoms with E-state index in [-0.39, 0.29) is 23.1 Å². The van der Waals surface area contributed by atoms with Crippen LogP contribution in [0.25, 0.3) is 0 Å². The predicted molar refractivity (Wildman–Crippen MR) is 90.7 cm³/mol. The second-order valence-corrected chi connectivity index (χ2v) is 5.91. The number of hydrogen-bond donors (Lipinski definition) is 3. The van der Waals surface area contributed by atoms with E-state index in [2.05, 4.69) is 20.4 Å². The summed E-state index contributed by atoms with van der Waals surface area (Å²) in [7, 11) is 1.57. The van der Waals surface area contributed by atoms with Crippen molar-refractivity contribution in [1.82, 2.24) is 19.7 Å². The molecular formula is C15H18N6O4. The van der Waals surface area contributed by atoms with Gasteiger partial charge in [0, 0.05) is 32.4 Å². The summed E-state index contributed by atoms with van der Waals surface area (Å²) in [5.74, 6) is -0.00679. The number of hydrogen-bond acceptors (Lipinski definition) is 6. The lowest BCUT2D eigenvalue weighted by molar-refractivity contribution is -0.120. The highest BCUT2D eigenvalue weighted by atomic mass is 16.2. The summed E-state index contributed by atoms with van der Waals surface area (Å²) in [6.45, 7) is 1.16. The predicted octanol–water partition coefficient (Wildman–Crippen LogP) is -0.988. The minimum atomic E-state index is -0.649. The molecule has 1 aliphatic heterocycles. The Labute approximate surface area is 141 Å². The quantitative estimate of drug-likeness (QED) is 0.654. The van der Waals surface area contributed by atoms with Crippen molar-refractivity contribution in [3.63, 3.8) is 0 Å². The van der Waals surface area contributed by atoms with Crippen molar-refractivity contribution in [3.8, 4) is 0 Å². The number of carbonyl (C=O) groups excluding carboxylic acids is 1. The van der Waals surface area contributed by atoms with E-state index in [0.717, 1.165) is 13.0 Å². The van der Waals surface area contributed by atoms with Gasteiger partial charge in [0.15, 0.2) is 0 Å². The number of piperidine rings is 1.